The number of aromatic nitrogens is 5. The van der Waals surface area contributed by atoms with Crippen LogP contribution in [0.3, 0.4) is 0 Å². The van der Waals surface area contributed by atoms with Gasteiger partial charge in [-0.05, 0) is 41.6 Å². The van der Waals surface area contributed by atoms with Gasteiger partial charge in [-0.25, -0.2) is 0 Å². The van der Waals surface area contributed by atoms with Crippen molar-refractivity contribution in [2.45, 2.75) is 13.0 Å². The van der Waals surface area contributed by atoms with Crippen LogP contribution < -0.4 is 5.32 Å². The van der Waals surface area contributed by atoms with Crippen LogP contribution in [0.5, 0.6) is 0 Å². The lowest BCUT2D eigenvalue weighted by atomic mass is 10.2. The maximum atomic E-state index is 5.84. The fourth-order valence-electron chi connectivity index (χ4n) is 2.24. The average Bonchev–Trinajstić information content (AvgIpc) is 3.13. The van der Waals surface area contributed by atoms with E-state index in [4.69, 9.17) is 4.42 Å². The molecular formula is C14H12N6O. The van der Waals surface area contributed by atoms with Gasteiger partial charge < -0.3 is 9.73 Å². The molecule has 0 saturated heterocycles. The number of hydrogen-bond donors (Lipinski definition) is 1. The molecule has 3 aromatic heterocycles. The van der Waals surface area contributed by atoms with Gasteiger partial charge in [-0.3, -0.25) is 0 Å². The molecule has 1 aromatic carbocycles. The summed E-state index contributed by atoms with van der Waals surface area (Å²) in [5.41, 5.74) is 1.49. The van der Waals surface area contributed by atoms with Gasteiger partial charge in [0.05, 0.1) is 6.04 Å². The van der Waals surface area contributed by atoms with Gasteiger partial charge in [-0.2, -0.15) is 0 Å². The minimum Gasteiger partial charge on any atom is -0.459 e. The van der Waals surface area contributed by atoms with Crippen LogP contribution in [-0.2, 0) is 0 Å². The molecule has 21 heavy (non-hydrogen) atoms. The van der Waals surface area contributed by atoms with Crippen molar-refractivity contribution < 1.29 is 4.42 Å². The van der Waals surface area contributed by atoms with E-state index in [-0.39, 0.29) is 6.04 Å². The van der Waals surface area contributed by atoms with E-state index >= 15 is 0 Å². The zero-order chi connectivity index (χ0) is 14.2. The number of anilines is 1. The Hall–Kier alpha value is -2.96. The molecule has 4 aromatic rings. The molecule has 0 spiro atoms. The van der Waals surface area contributed by atoms with Crippen molar-refractivity contribution >= 4 is 22.4 Å². The number of rotatable bonds is 3. The molecular weight excluding hydrogens is 268 g/mol. The molecule has 0 unspecified atom stereocenters. The molecule has 0 amide bonds. The Bertz CT molecular complexity index is 879. The Morgan fingerprint density at radius 1 is 1.19 bits per heavy atom. The Morgan fingerprint density at radius 3 is 3.00 bits per heavy atom. The molecule has 0 aliphatic rings. The summed E-state index contributed by atoms with van der Waals surface area (Å²) in [6.07, 6.45) is 0. The van der Waals surface area contributed by atoms with Crippen molar-refractivity contribution in [2.75, 3.05) is 5.32 Å². The molecule has 0 aliphatic heterocycles. The minimum absolute atomic E-state index is 0.0150. The van der Waals surface area contributed by atoms with Crippen molar-refractivity contribution in [3.05, 3.63) is 48.2 Å². The second-order valence-corrected chi connectivity index (χ2v) is 4.80. The highest BCUT2D eigenvalue weighted by atomic mass is 16.3. The predicted octanol–water partition coefficient (Wildman–Crippen LogP) is 2.44. The van der Waals surface area contributed by atoms with Crippen LogP contribution in [0, 0.1) is 0 Å². The monoisotopic (exact) mass is 280 g/mol. The zero-order valence-corrected chi connectivity index (χ0v) is 11.3. The van der Waals surface area contributed by atoms with Crippen molar-refractivity contribution in [1.82, 2.24) is 25.3 Å². The Kier molecular flexibility index (Phi) is 2.56. The van der Waals surface area contributed by atoms with E-state index in [0.29, 0.717) is 11.5 Å². The standard InChI is InChI=1S/C14H12N6O/c1-9(12-8-10-4-2-3-5-11(10)21-12)15-13-6-7-14-16-18-19-20(14)17-13/h2-9H,1H3,(H,15,17)/t9-/m1/s1. The molecule has 0 saturated carbocycles. The SMILES string of the molecule is C[C@@H](Nc1ccc2nnnn2n1)c1cc2ccccc2o1. The summed E-state index contributed by atoms with van der Waals surface area (Å²) < 4.78 is 7.22. The molecule has 104 valence electrons. The van der Waals surface area contributed by atoms with Gasteiger partial charge in [-0.1, -0.05) is 18.2 Å². The summed E-state index contributed by atoms with van der Waals surface area (Å²) in [4.78, 5) is 0. The molecule has 0 fully saturated rings. The van der Waals surface area contributed by atoms with Crippen LogP contribution in [0.2, 0.25) is 0 Å². The van der Waals surface area contributed by atoms with Gasteiger partial charge in [0.1, 0.15) is 17.2 Å². The number of nitrogens with zero attached hydrogens (tertiary/aromatic N) is 5. The van der Waals surface area contributed by atoms with Crippen LogP contribution >= 0.6 is 0 Å². The third kappa shape index (κ3) is 2.08. The average molecular weight is 280 g/mol. The summed E-state index contributed by atoms with van der Waals surface area (Å²) in [6, 6.07) is 13.6. The van der Waals surface area contributed by atoms with E-state index in [9.17, 15) is 0 Å². The molecule has 7 nitrogen and oxygen atoms in total. The minimum atomic E-state index is -0.0150. The van der Waals surface area contributed by atoms with E-state index < -0.39 is 0 Å². The Morgan fingerprint density at radius 2 is 2.10 bits per heavy atom. The number of nitrogens with one attached hydrogen (secondary N) is 1. The van der Waals surface area contributed by atoms with Crippen molar-refractivity contribution in [3.63, 3.8) is 0 Å². The molecule has 4 rings (SSSR count). The predicted molar refractivity (Wildman–Crippen MR) is 76.8 cm³/mol. The summed E-state index contributed by atoms with van der Waals surface area (Å²) in [7, 11) is 0. The first-order valence-electron chi connectivity index (χ1n) is 6.60. The zero-order valence-electron chi connectivity index (χ0n) is 11.3. The number of benzene rings is 1. The van der Waals surface area contributed by atoms with E-state index in [1.165, 1.54) is 4.63 Å². The summed E-state index contributed by atoms with van der Waals surface area (Å²) in [5, 5.41) is 19.8. The van der Waals surface area contributed by atoms with Crippen LogP contribution in [0.1, 0.15) is 18.7 Å². The fourth-order valence-corrected chi connectivity index (χ4v) is 2.24. The number of hydrogen-bond acceptors (Lipinski definition) is 6. The van der Waals surface area contributed by atoms with Gasteiger partial charge in [0.15, 0.2) is 5.65 Å². The highest BCUT2D eigenvalue weighted by molar-refractivity contribution is 5.77. The topological polar surface area (TPSA) is 81.1 Å². The van der Waals surface area contributed by atoms with Crippen LogP contribution in [0.25, 0.3) is 16.6 Å². The van der Waals surface area contributed by atoms with Gasteiger partial charge in [0.2, 0.25) is 0 Å². The van der Waals surface area contributed by atoms with Crippen molar-refractivity contribution in [1.29, 1.82) is 0 Å². The smallest absolute Gasteiger partial charge is 0.200 e. The molecule has 0 bridgehead atoms. The second-order valence-electron chi connectivity index (χ2n) is 4.80. The van der Waals surface area contributed by atoms with Crippen molar-refractivity contribution in [2.24, 2.45) is 0 Å². The van der Waals surface area contributed by atoms with Crippen LogP contribution in [-0.4, -0.2) is 25.3 Å². The van der Waals surface area contributed by atoms with Crippen LogP contribution in [0.15, 0.2) is 46.9 Å². The number of fused-ring (bicyclic) bond motifs is 2. The first-order valence-corrected chi connectivity index (χ1v) is 6.60. The Labute approximate surface area is 119 Å². The second kappa shape index (κ2) is 4.55. The molecule has 1 atom stereocenters. The van der Waals surface area contributed by atoms with E-state index in [1.807, 2.05) is 43.3 Å². The van der Waals surface area contributed by atoms with Crippen molar-refractivity contribution in [3.8, 4) is 0 Å². The summed E-state index contributed by atoms with van der Waals surface area (Å²) >= 11 is 0. The number of furan rings is 1. The lowest BCUT2D eigenvalue weighted by molar-refractivity contribution is 0.525. The molecule has 7 heteroatoms. The van der Waals surface area contributed by atoms with Gasteiger partial charge in [-0.15, -0.1) is 14.8 Å². The Balaban J connectivity index is 1.63. The maximum Gasteiger partial charge on any atom is 0.200 e. The number of para-hydroxylation sites is 1. The highest BCUT2D eigenvalue weighted by Gasteiger charge is 2.12. The quantitative estimate of drug-likeness (QED) is 0.620. The molecule has 1 N–H and O–H groups in total. The number of tetrazole rings is 1. The van der Waals surface area contributed by atoms with E-state index in [2.05, 4.69) is 25.9 Å². The first kappa shape index (κ1) is 11.8. The first-order chi connectivity index (χ1) is 10.3. The summed E-state index contributed by atoms with van der Waals surface area (Å²) in [5.74, 6) is 1.54. The highest BCUT2D eigenvalue weighted by Crippen LogP contribution is 2.25. The third-order valence-electron chi connectivity index (χ3n) is 3.31. The lowest BCUT2D eigenvalue weighted by Crippen LogP contribution is -2.09. The van der Waals surface area contributed by atoms with E-state index in [1.54, 1.807) is 6.07 Å². The largest absolute Gasteiger partial charge is 0.459 e. The molecule has 3 heterocycles. The van der Waals surface area contributed by atoms with Gasteiger partial charge in [0, 0.05) is 5.39 Å². The normalized spacial score (nSPS) is 12.8. The lowest BCUT2D eigenvalue weighted by Gasteiger charge is -2.11. The fraction of sp³-hybridized carbons (Fsp3) is 0.143. The van der Waals surface area contributed by atoms with E-state index in [0.717, 1.165) is 16.7 Å². The summed E-state index contributed by atoms with van der Waals surface area (Å²) in [6.45, 7) is 2.02. The van der Waals surface area contributed by atoms with Gasteiger partial charge >= 0.3 is 0 Å². The van der Waals surface area contributed by atoms with Gasteiger partial charge in [0.25, 0.3) is 0 Å². The third-order valence-corrected chi connectivity index (χ3v) is 3.31. The maximum absolute atomic E-state index is 5.84. The molecule has 0 aliphatic carbocycles. The molecule has 0 radical (unpaired) electrons. The van der Waals surface area contributed by atoms with Crippen LogP contribution in [0.4, 0.5) is 5.82 Å².